The summed E-state index contributed by atoms with van der Waals surface area (Å²) in [5, 5.41) is 5.49. The fourth-order valence-corrected chi connectivity index (χ4v) is 2.78. The molecule has 4 nitrogen and oxygen atoms in total. The van der Waals surface area contributed by atoms with Crippen LogP contribution in [0.4, 0.5) is 30.2 Å². The second kappa shape index (κ2) is 7.72. The summed E-state index contributed by atoms with van der Waals surface area (Å²) in [5.74, 6) is -0.396. The molecule has 0 bridgehead atoms. The number of nitrogens with one attached hydrogen (secondary N) is 2. The number of alkyl halides is 3. The molecule has 28 heavy (non-hydrogen) atoms. The molecule has 144 valence electrons. The van der Waals surface area contributed by atoms with E-state index >= 15 is 0 Å². The van der Waals surface area contributed by atoms with Gasteiger partial charge in [0.25, 0.3) is 5.91 Å². The second-order valence-corrected chi connectivity index (χ2v) is 6.40. The molecular formula is C21H18F3N3O. The van der Waals surface area contributed by atoms with Crippen molar-refractivity contribution in [2.24, 2.45) is 0 Å². The Morgan fingerprint density at radius 1 is 0.964 bits per heavy atom. The molecule has 2 N–H and O–H groups in total. The first-order chi connectivity index (χ1) is 13.2. The van der Waals surface area contributed by atoms with Crippen LogP contribution in [-0.2, 0) is 6.18 Å². The first kappa shape index (κ1) is 19.4. The van der Waals surface area contributed by atoms with Gasteiger partial charge in [0.15, 0.2) is 0 Å². The molecule has 3 aromatic rings. The number of carbonyl (C=O) groups excluding carboxylic acids is 1. The maximum Gasteiger partial charge on any atom is 0.418 e. The van der Waals surface area contributed by atoms with Gasteiger partial charge in [-0.25, -0.2) is 0 Å². The number of para-hydroxylation sites is 1. The summed E-state index contributed by atoms with van der Waals surface area (Å²) in [6.07, 6.45) is -1.77. The topological polar surface area (TPSA) is 54.0 Å². The van der Waals surface area contributed by atoms with Crippen molar-refractivity contribution in [3.8, 4) is 0 Å². The third kappa shape index (κ3) is 4.49. The van der Waals surface area contributed by atoms with E-state index in [1.54, 1.807) is 6.07 Å². The van der Waals surface area contributed by atoms with Crippen LogP contribution in [0.25, 0.3) is 0 Å². The highest BCUT2D eigenvalue weighted by Gasteiger charge is 2.33. The van der Waals surface area contributed by atoms with Crippen LogP contribution in [0, 0.1) is 13.8 Å². The molecule has 7 heteroatoms. The number of hydrogen-bond donors (Lipinski definition) is 2. The second-order valence-electron chi connectivity index (χ2n) is 6.40. The van der Waals surface area contributed by atoms with Gasteiger partial charge in [-0.15, -0.1) is 0 Å². The highest BCUT2D eigenvalue weighted by Crippen LogP contribution is 2.35. The lowest BCUT2D eigenvalue weighted by Crippen LogP contribution is -2.13. The smallest absolute Gasteiger partial charge is 0.354 e. The molecule has 3 rings (SSSR count). The zero-order chi connectivity index (χ0) is 20.3. The predicted octanol–water partition coefficient (Wildman–Crippen LogP) is 5.71. The van der Waals surface area contributed by atoms with Gasteiger partial charge in [-0.1, -0.05) is 29.8 Å². The Labute approximate surface area is 160 Å². The van der Waals surface area contributed by atoms with Crippen LogP contribution in [0.3, 0.4) is 0 Å². The summed E-state index contributed by atoms with van der Waals surface area (Å²) < 4.78 is 39.4. The highest BCUT2D eigenvalue weighted by molar-refractivity contribution is 6.05. The molecule has 0 spiro atoms. The number of carbonyl (C=O) groups is 1. The quantitative estimate of drug-likeness (QED) is 0.605. The van der Waals surface area contributed by atoms with Crippen LogP contribution in [0.15, 0.2) is 60.9 Å². The number of aromatic nitrogens is 1. The molecular weight excluding hydrogens is 367 g/mol. The van der Waals surface area contributed by atoms with E-state index in [9.17, 15) is 18.0 Å². The van der Waals surface area contributed by atoms with Crippen LogP contribution in [-0.4, -0.2) is 10.9 Å². The molecule has 2 aromatic carbocycles. The maximum absolute atomic E-state index is 13.1. The molecule has 1 aromatic heterocycles. The van der Waals surface area contributed by atoms with Gasteiger partial charge in [0.2, 0.25) is 0 Å². The molecule has 0 atom stereocenters. The van der Waals surface area contributed by atoms with Crippen molar-refractivity contribution in [3.05, 3.63) is 83.2 Å². The summed E-state index contributed by atoms with van der Waals surface area (Å²) in [6, 6.07) is 12.2. The fourth-order valence-electron chi connectivity index (χ4n) is 2.78. The number of anilines is 3. The van der Waals surface area contributed by atoms with Crippen molar-refractivity contribution < 1.29 is 18.0 Å². The summed E-state index contributed by atoms with van der Waals surface area (Å²) in [5.41, 5.74) is 2.26. The van der Waals surface area contributed by atoms with Crippen molar-refractivity contribution in [2.75, 3.05) is 10.6 Å². The SMILES string of the molecule is Cc1ccc(NC(=O)c2cncc(Nc3ccccc3C(F)(F)F)c2)c(C)c1. The van der Waals surface area contributed by atoms with Crippen molar-refractivity contribution in [1.82, 2.24) is 4.98 Å². The summed E-state index contributed by atoms with van der Waals surface area (Å²) >= 11 is 0. The first-order valence-electron chi connectivity index (χ1n) is 8.51. The highest BCUT2D eigenvalue weighted by atomic mass is 19.4. The number of aryl methyl sites for hydroxylation is 2. The average molecular weight is 385 g/mol. The van der Waals surface area contributed by atoms with E-state index in [-0.39, 0.29) is 16.9 Å². The van der Waals surface area contributed by atoms with Crippen LogP contribution in [0.1, 0.15) is 27.0 Å². The monoisotopic (exact) mass is 385 g/mol. The Balaban J connectivity index is 1.82. The number of halogens is 3. The number of amides is 1. The van der Waals surface area contributed by atoms with Gasteiger partial charge in [-0.3, -0.25) is 9.78 Å². The molecule has 0 saturated heterocycles. The lowest BCUT2D eigenvalue weighted by molar-refractivity contribution is -0.136. The minimum absolute atomic E-state index is 0.108. The number of hydrogen-bond acceptors (Lipinski definition) is 3. The van der Waals surface area contributed by atoms with Crippen molar-refractivity contribution in [2.45, 2.75) is 20.0 Å². The minimum Gasteiger partial charge on any atom is -0.354 e. The molecule has 0 aliphatic rings. The van der Waals surface area contributed by atoms with Gasteiger partial charge in [0, 0.05) is 11.9 Å². The predicted molar refractivity (Wildman–Crippen MR) is 103 cm³/mol. The minimum atomic E-state index is -4.49. The van der Waals surface area contributed by atoms with E-state index in [4.69, 9.17) is 0 Å². The van der Waals surface area contributed by atoms with Crippen LogP contribution < -0.4 is 10.6 Å². The number of pyridine rings is 1. The Kier molecular flexibility index (Phi) is 5.35. The molecule has 1 amide bonds. The Morgan fingerprint density at radius 2 is 1.71 bits per heavy atom. The molecule has 0 fully saturated rings. The zero-order valence-electron chi connectivity index (χ0n) is 15.3. The average Bonchev–Trinajstić information content (AvgIpc) is 2.64. The first-order valence-corrected chi connectivity index (χ1v) is 8.51. The van der Waals surface area contributed by atoms with Gasteiger partial charge in [-0.05, 0) is 43.7 Å². The molecule has 0 unspecified atom stereocenters. The van der Waals surface area contributed by atoms with Gasteiger partial charge in [0.05, 0.1) is 28.7 Å². The summed E-state index contributed by atoms with van der Waals surface area (Å²) in [6.45, 7) is 3.84. The van der Waals surface area contributed by atoms with Gasteiger partial charge >= 0.3 is 6.18 Å². The standard InChI is InChI=1S/C21H18F3N3O/c1-13-7-8-18(14(2)9-13)27-20(28)15-10-16(12-25-11-15)26-19-6-4-3-5-17(19)21(22,23)24/h3-12,26H,1-2H3,(H,27,28). The molecule has 0 saturated carbocycles. The zero-order valence-corrected chi connectivity index (χ0v) is 15.3. The Hall–Kier alpha value is -3.35. The summed E-state index contributed by atoms with van der Waals surface area (Å²) in [7, 11) is 0. The largest absolute Gasteiger partial charge is 0.418 e. The number of rotatable bonds is 4. The van der Waals surface area contributed by atoms with Gasteiger partial charge in [0.1, 0.15) is 0 Å². The lowest BCUT2D eigenvalue weighted by Gasteiger charge is -2.15. The summed E-state index contributed by atoms with van der Waals surface area (Å²) in [4.78, 5) is 16.5. The number of nitrogens with zero attached hydrogens (tertiary/aromatic N) is 1. The number of benzene rings is 2. The third-order valence-corrected chi connectivity index (χ3v) is 4.14. The van der Waals surface area contributed by atoms with E-state index in [1.165, 1.54) is 36.7 Å². The Bertz CT molecular complexity index is 1020. The van der Waals surface area contributed by atoms with Crippen molar-refractivity contribution >= 4 is 23.0 Å². The fraction of sp³-hybridized carbons (Fsp3) is 0.143. The molecule has 0 aliphatic carbocycles. The molecule has 0 aliphatic heterocycles. The van der Waals surface area contributed by atoms with E-state index in [0.717, 1.165) is 17.2 Å². The van der Waals surface area contributed by atoms with Crippen LogP contribution in [0.2, 0.25) is 0 Å². The maximum atomic E-state index is 13.1. The van der Waals surface area contributed by atoms with Crippen LogP contribution >= 0.6 is 0 Å². The van der Waals surface area contributed by atoms with Crippen molar-refractivity contribution in [1.29, 1.82) is 0 Å². The van der Waals surface area contributed by atoms with Gasteiger partial charge < -0.3 is 10.6 Å². The lowest BCUT2D eigenvalue weighted by atomic mass is 10.1. The van der Waals surface area contributed by atoms with E-state index < -0.39 is 17.6 Å². The van der Waals surface area contributed by atoms with E-state index in [0.29, 0.717) is 5.69 Å². The normalized spacial score (nSPS) is 11.2. The van der Waals surface area contributed by atoms with Crippen LogP contribution in [0.5, 0.6) is 0 Å². The Morgan fingerprint density at radius 3 is 2.43 bits per heavy atom. The van der Waals surface area contributed by atoms with E-state index in [2.05, 4.69) is 15.6 Å². The van der Waals surface area contributed by atoms with Gasteiger partial charge in [-0.2, -0.15) is 13.2 Å². The molecule has 1 heterocycles. The van der Waals surface area contributed by atoms with E-state index in [1.807, 2.05) is 26.0 Å². The third-order valence-electron chi connectivity index (χ3n) is 4.14. The van der Waals surface area contributed by atoms with Crippen molar-refractivity contribution in [3.63, 3.8) is 0 Å². The molecule has 0 radical (unpaired) electrons.